The predicted octanol–water partition coefficient (Wildman–Crippen LogP) is -0.319. The van der Waals surface area contributed by atoms with E-state index in [4.69, 9.17) is 5.11 Å². The number of nitrogens with zero attached hydrogens (tertiary/aromatic N) is 1. The Kier molecular flexibility index (Phi) is 4.38. The molecule has 1 atom stereocenters. The third kappa shape index (κ3) is 3.03. The molecule has 0 aromatic carbocycles. The van der Waals surface area contributed by atoms with Crippen LogP contribution < -0.4 is 4.72 Å². The van der Waals surface area contributed by atoms with Crippen molar-refractivity contribution < 1.29 is 27.9 Å². The number of hydrogen-bond acceptors (Lipinski definition) is 7. The van der Waals surface area contributed by atoms with E-state index in [1.54, 1.807) is 0 Å². The van der Waals surface area contributed by atoms with E-state index in [1.165, 1.54) is 6.92 Å². The average Bonchev–Trinajstić information content (AvgIpc) is 2.76. The monoisotopic (exact) mass is 294 g/mol. The zero-order chi connectivity index (χ0) is 13.9. The third-order valence-electron chi connectivity index (χ3n) is 1.86. The molecule has 0 saturated carbocycles. The van der Waals surface area contributed by atoms with Gasteiger partial charge in [-0.3, -0.25) is 4.79 Å². The largest absolute Gasteiger partial charge is 0.480 e. The number of hydrogen-bond donors (Lipinski definition) is 2. The lowest BCUT2D eigenvalue weighted by Gasteiger charge is -2.09. The first-order valence-electron chi connectivity index (χ1n) is 4.56. The van der Waals surface area contributed by atoms with Crippen LogP contribution >= 0.6 is 11.3 Å². The summed E-state index contributed by atoms with van der Waals surface area (Å²) in [5.74, 6) is -2.23. The molecule has 2 N–H and O–H groups in total. The molecule has 0 bridgehead atoms. The lowest BCUT2D eigenvalue weighted by Crippen LogP contribution is -2.38. The molecule has 18 heavy (non-hydrogen) atoms. The van der Waals surface area contributed by atoms with Crippen molar-refractivity contribution in [3.63, 3.8) is 0 Å². The number of ether oxygens (including phenoxy) is 1. The highest BCUT2D eigenvalue weighted by atomic mass is 32.2. The fourth-order valence-corrected chi connectivity index (χ4v) is 3.34. The van der Waals surface area contributed by atoms with Crippen molar-refractivity contribution in [2.24, 2.45) is 0 Å². The number of methoxy groups -OCH3 is 1. The summed E-state index contributed by atoms with van der Waals surface area (Å²) >= 11 is 0.699. The first kappa shape index (κ1) is 14.5. The van der Waals surface area contributed by atoms with E-state index in [0.717, 1.165) is 12.6 Å². The molecule has 0 aliphatic heterocycles. The van der Waals surface area contributed by atoms with E-state index in [2.05, 4.69) is 9.72 Å². The van der Waals surface area contributed by atoms with Gasteiger partial charge < -0.3 is 9.84 Å². The second-order valence-electron chi connectivity index (χ2n) is 3.16. The topological polar surface area (TPSA) is 123 Å². The maximum Gasteiger partial charge on any atom is 0.358 e. The van der Waals surface area contributed by atoms with Crippen molar-refractivity contribution in [1.29, 1.82) is 0 Å². The highest BCUT2D eigenvalue weighted by Gasteiger charge is 2.29. The lowest BCUT2D eigenvalue weighted by molar-refractivity contribution is -0.138. The summed E-state index contributed by atoms with van der Waals surface area (Å²) in [6.07, 6.45) is 0. The Morgan fingerprint density at radius 2 is 2.17 bits per heavy atom. The SMILES string of the molecule is COC(=O)c1ncsc1S(=O)(=O)N[C@@H](C)C(=O)O. The molecule has 1 aromatic rings. The van der Waals surface area contributed by atoms with Gasteiger partial charge in [0.05, 0.1) is 12.6 Å². The molecule has 1 rings (SSSR count). The number of thiazole rings is 1. The van der Waals surface area contributed by atoms with Gasteiger partial charge in [-0.1, -0.05) is 0 Å². The van der Waals surface area contributed by atoms with E-state index in [-0.39, 0.29) is 9.90 Å². The second kappa shape index (κ2) is 5.42. The summed E-state index contributed by atoms with van der Waals surface area (Å²) in [4.78, 5) is 25.4. The number of carboxylic acid groups (broad SMARTS) is 1. The zero-order valence-electron chi connectivity index (χ0n) is 9.41. The normalized spacial score (nSPS) is 13.0. The summed E-state index contributed by atoms with van der Waals surface area (Å²) in [7, 11) is -3.03. The first-order chi connectivity index (χ1) is 8.29. The minimum Gasteiger partial charge on any atom is -0.480 e. The number of sulfonamides is 1. The molecule has 8 nitrogen and oxygen atoms in total. The number of aromatic nitrogens is 1. The fourth-order valence-electron chi connectivity index (χ4n) is 0.995. The average molecular weight is 294 g/mol. The lowest BCUT2D eigenvalue weighted by atomic mass is 10.4. The van der Waals surface area contributed by atoms with Gasteiger partial charge >= 0.3 is 11.9 Å². The van der Waals surface area contributed by atoms with E-state index in [0.29, 0.717) is 11.3 Å². The summed E-state index contributed by atoms with van der Waals surface area (Å²) in [5.41, 5.74) is 0.791. The third-order valence-corrected chi connectivity index (χ3v) is 4.77. The number of nitrogens with one attached hydrogen (secondary N) is 1. The van der Waals surface area contributed by atoms with E-state index < -0.39 is 28.0 Å². The van der Waals surface area contributed by atoms with Crippen molar-refractivity contribution in [1.82, 2.24) is 9.71 Å². The molecule has 0 amide bonds. The van der Waals surface area contributed by atoms with Gasteiger partial charge in [-0.2, -0.15) is 4.72 Å². The maximum absolute atomic E-state index is 11.8. The van der Waals surface area contributed by atoms with Crippen molar-refractivity contribution in [3.05, 3.63) is 11.2 Å². The van der Waals surface area contributed by atoms with Crippen molar-refractivity contribution in [3.8, 4) is 0 Å². The molecule has 0 fully saturated rings. The number of aliphatic carboxylic acids is 1. The molecule has 0 unspecified atom stereocenters. The number of carboxylic acids is 1. The summed E-state index contributed by atoms with van der Waals surface area (Å²) in [6.45, 7) is 1.17. The molecule has 10 heteroatoms. The van der Waals surface area contributed by atoms with Crippen LogP contribution in [0.25, 0.3) is 0 Å². The molecule has 100 valence electrons. The molecule has 0 radical (unpaired) electrons. The van der Waals surface area contributed by atoms with E-state index >= 15 is 0 Å². The Hall–Kier alpha value is -1.52. The van der Waals surface area contributed by atoms with Gasteiger partial charge in [0.1, 0.15) is 6.04 Å². The second-order valence-corrected chi connectivity index (χ2v) is 5.93. The number of rotatable bonds is 5. The van der Waals surface area contributed by atoms with E-state index in [9.17, 15) is 18.0 Å². The van der Waals surface area contributed by atoms with Crippen LogP contribution in [0.2, 0.25) is 0 Å². The summed E-state index contributed by atoms with van der Waals surface area (Å²) in [5, 5.41) is 8.64. The van der Waals surface area contributed by atoms with Gasteiger partial charge in [-0.25, -0.2) is 18.2 Å². The molecule has 1 heterocycles. The highest BCUT2D eigenvalue weighted by Crippen LogP contribution is 2.20. The number of carbonyl (C=O) groups is 2. The molecule has 0 saturated heterocycles. The van der Waals surface area contributed by atoms with Gasteiger partial charge in [-0.05, 0) is 6.92 Å². The van der Waals surface area contributed by atoms with Gasteiger partial charge in [0.25, 0.3) is 10.0 Å². The van der Waals surface area contributed by atoms with Crippen LogP contribution in [0.3, 0.4) is 0 Å². The van der Waals surface area contributed by atoms with Crippen molar-refractivity contribution >= 4 is 33.3 Å². The van der Waals surface area contributed by atoms with Crippen molar-refractivity contribution in [2.75, 3.05) is 7.11 Å². The quantitative estimate of drug-likeness (QED) is 0.713. The summed E-state index contributed by atoms with van der Waals surface area (Å²) in [6, 6.07) is -1.32. The Bertz CT molecular complexity index is 564. The summed E-state index contributed by atoms with van der Waals surface area (Å²) < 4.78 is 29.6. The standard InChI is InChI=1S/C8H10N2O6S2/c1-4(6(11)12)10-18(14,15)8-5(7(13)16-2)9-3-17-8/h3-4,10H,1-2H3,(H,11,12)/t4-/m0/s1. The number of carbonyl (C=O) groups excluding carboxylic acids is 1. The fraction of sp³-hybridized carbons (Fsp3) is 0.375. The van der Waals surface area contributed by atoms with Crippen molar-refractivity contribution in [2.45, 2.75) is 17.2 Å². The Morgan fingerprint density at radius 3 is 2.67 bits per heavy atom. The molecule has 0 aliphatic carbocycles. The smallest absolute Gasteiger partial charge is 0.358 e. The van der Waals surface area contributed by atoms with Crippen LogP contribution in [0.4, 0.5) is 0 Å². The van der Waals surface area contributed by atoms with Gasteiger partial charge in [0.15, 0.2) is 9.90 Å². The van der Waals surface area contributed by atoms with Gasteiger partial charge in [0, 0.05) is 0 Å². The maximum atomic E-state index is 11.8. The van der Waals surface area contributed by atoms with Crippen LogP contribution in [0, 0.1) is 0 Å². The minimum absolute atomic E-state index is 0.368. The molecular weight excluding hydrogens is 284 g/mol. The van der Waals surface area contributed by atoms with E-state index in [1.807, 2.05) is 4.72 Å². The van der Waals surface area contributed by atoms with Gasteiger partial charge in [-0.15, -0.1) is 11.3 Å². The number of esters is 1. The molecular formula is C8H10N2O6S2. The van der Waals surface area contributed by atoms with Crippen LogP contribution in [0.5, 0.6) is 0 Å². The van der Waals surface area contributed by atoms with Crippen LogP contribution in [-0.4, -0.2) is 43.6 Å². The van der Waals surface area contributed by atoms with Crippen LogP contribution in [0.15, 0.2) is 9.72 Å². The van der Waals surface area contributed by atoms with Crippen LogP contribution in [0.1, 0.15) is 17.4 Å². The molecule has 1 aromatic heterocycles. The Balaban J connectivity index is 3.10. The molecule has 0 spiro atoms. The Morgan fingerprint density at radius 1 is 1.56 bits per heavy atom. The highest BCUT2D eigenvalue weighted by molar-refractivity contribution is 7.91. The minimum atomic E-state index is -4.12. The molecule has 0 aliphatic rings. The van der Waals surface area contributed by atoms with Crippen LogP contribution in [-0.2, 0) is 19.6 Å². The first-order valence-corrected chi connectivity index (χ1v) is 6.92. The predicted molar refractivity (Wildman–Crippen MR) is 60.9 cm³/mol. The Labute approximate surface area is 107 Å². The zero-order valence-corrected chi connectivity index (χ0v) is 11.0. The van der Waals surface area contributed by atoms with Gasteiger partial charge in [0.2, 0.25) is 0 Å².